The van der Waals surface area contributed by atoms with Crippen LogP contribution in [0, 0.1) is 17.2 Å². The number of sulfonamides is 1. The van der Waals surface area contributed by atoms with Crippen molar-refractivity contribution in [2.45, 2.75) is 89.1 Å². The lowest BCUT2D eigenvalue weighted by molar-refractivity contribution is -0.146. The van der Waals surface area contributed by atoms with Gasteiger partial charge in [-0.05, 0) is 64.3 Å². The Morgan fingerprint density at radius 2 is 1.97 bits per heavy atom. The molecule has 1 saturated carbocycles. The molecule has 0 aromatic heterocycles. The minimum atomic E-state index is -3.50. The molecule has 2 amide bonds. The van der Waals surface area contributed by atoms with E-state index in [2.05, 4.69) is 29.5 Å². The zero-order valence-corrected chi connectivity index (χ0v) is 23.6. The summed E-state index contributed by atoms with van der Waals surface area (Å²) in [6.45, 7) is 11.6. The fraction of sp³-hybridized carbons (Fsp3) is 0.654. The molecule has 1 saturated heterocycles. The fourth-order valence-electron chi connectivity index (χ4n) is 4.63. The first kappa shape index (κ1) is 30.7. The third kappa shape index (κ3) is 7.98. The van der Waals surface area contributed by atoms with Crippen molar-refractivity contribution in [3.8, 4) is 6.07 Å². The van der Waals surface area contributed by atoms with Crippen LogP contribution in [-0.2, 0) is 26.2 Å². The highest BCUT2D eigenvalue weighted by atomic mass is 32.2. The molecule has 6 atom stereocenters. The molecule has 0 bridgehead atoms. The highest BCUT2D eigenvalue weighted by molar-refractivity contribution is 7.89. The second kappa shape index (κ2) is 13.3. The molecular formula is C26H42N6O4S. The van der Waals surface area contributed by atoms with Gasteiger partial charge in [0.15, 0.2) is 0 Å². The average molecular weight is 535 g/mol. The summed E-state index contributed by atoms with van der Waals surface area (Å²) in [7, 11) is -2.12. The Labute approximate surface area is 221 Å². The number of amides is 2. The van der Waals surface area contributed by atoms with Crippen LogP contribution >= 0.6 is 0 Å². The van der Waals surface area contributed by atoms with E-state index in [0.29, 0.717) is 25.0 Å². The lowest BCUT2D eigenvalue weighted by atomic mass is 10.0. The lowest BCUT2D eigenvalue weighted by Crippen LogP contribution is -2.61. The molecule has 206 valence electrons. The Morgan fingerprint density at radius 1 is 1.32 bits per heavy atom. The first-order valence-corrected chi connectivity index (χ1v) is 14.3. The SMILES string of the molecule is CC1CC1N(C=O)C(C)C#N.CC[C@H]1CN(CC(C)N)C(C)C(=O)N1Cc1cccc(S(=O)(=O)NC)c1. The maximum absolute atomic E-state index is 12.9. The van der Waals surface area contributed by atoms with Crippen LogP contribution in [0.5, 0.6) is 0 Å². The summed E-state index contributed by atoms with van der Waals surface area (Å²) < 4.78 is 26.4. The van der Waals surface area contributed by atoms with Crippen LogP contribution in [0.4, 0.5) is 0 Å². The van der Waals surface area contributed by atoms with E-state index in [9.17, 15) is 18.0 Å². The topological polar surface area (TPSA) is 140 Å². The van der Waals surface area contributed by atoms with Crippen LogP contribution in [0.1, 0.15) is 53.0 Å². The summed E-state index contributed by atoms with van der Waals surface area (Å²) in [6.07, 6.45) is 2.66. The Bertz CT molecular complexity index is 1070. The Kier molecular flexibility index (Phi) is 11.1. The predicted molar refractivity (Wildman–Crippen MR) is 143 cm³/mol. The Morgan fingerprint density at radius 3 is 2.46 bits per heavy atom. The zero-order valence-electron chi connectivity index (χ0n) is 22.8. The molecule has 10 nitrogen and oxygen atoms in total. The van der Waals surface area contributed by atoms with E-state index in [4.69, 9.17) is 11.0 Å². The monoisotopic (exact) mass is 534 g/mol. The quantitative estimate of drug-likeness (QED) is 0.434. The summed E-state index contributed by atoms with van der Waals surface area (Å²) in [6, 6.07) is 8.71. The van der Waals surface area contributed by atoms with Gasteiger partial charge in [-0.3, -0.25) is 14.5 Å². The van der Waals surface area contributed by atoms with Gasteiger partial charge in [0.2, 0.25) is 22.3 Å². The molecular weight excluding hydrogens is 492 g/mol. The number of nitrogens with two attached hydrogens (primary N) is 1. The summed E-state index contributed by atoms with van der Waals surface area (Å²) >= 11 is 0. The highest BCUT2D eigenvalue weighted by Crippen LogP contribution is 2.35. The lowest BCUT2D eigenvalue weighted by Gasteiger charge is -2.45. The summed E-state index contributed by atoms with van der Waals surface area (Å²) in [5, 5.41) is 8.55. The molecule has 5 unspecified atom stereocenters. The van der Waals surface area contributed by atoms with Crippen molar-refractivity contribution in [3.05, 3.63) is 29.8 Å². The predicted octanol–water partition coefficient (Wildman–Crippen LogP) is 1.52. The summed E-state index contributed by atoms with van der Waals surface area (Å²) in [5.74, 6) is 0.640. The number of rotatable bonds is 10. The van der Waals surface area contributed by atoms with Crippen molar-refractivity contribution in [3.63, 3.8) is 0 Å². The molecule has 11 heteroatoms. The van der Waals surface area contributed by atoms with Crippen LogP contribution in [0.2, 0.25) is 0 Å². The second-order valence-electron chi connectivity index (χ2n) is 10.1. The van der Waals surface area contributed by atoms with Gasteiger partial charge in [0.25, 0.3) is 0 Å². The third-order valence-electron chi connectivity index (χ3n) is 7.10. The highest BCUT2D eigenvalue weighted by Gasteiger charge is 2.39. The largest absolute Gasteiger partial charge is 0.333 e. The smallest absolute Gasteiger partial charge is 0.240 e. The molecule has 2 fully saturated rings. The number of piperazine rings is 1. The van der Waals surface area contributed by atoms with E-state index >= 15 is 0 Å². The zero-order chi connectivity index (χ0) is 27.9. The van der Waals surface area contributed by atoms with Gasteiger partial charge >= 0.3 is 0 Å². The van der Waals surface area contributed by atoms with E-state index < -0.39 is 10.0 Å². The average Bonchev–Trinajstić information content (AvgIpc) is 3.59. The van der Waals surface area contributed by atoms with Gasteiger partial charge in [-0.1, -0.05) is 26.0 Å². The van der Waals surface area contributed by atoms with Gasteiger partial charge in [0.05, 0.1) is 17.0 Å². The summed E-state index contributed by atoms with van der Waals surface area (Å²) in [4.78, 5) is 29.3. The maximum atomic E-state index is 12.9. The summed E-state index contributed by atoms with van der Waals surface area (Å²) in [5.41, 5.74) is 6.72. The van der Waals surface area contributed by atoms with Gasteiger partial charge < -0.3 is 15.5 Å². The van der Waals surface area contributed by atoms with E-state index in [-0.39, 0.29) is 35.0 Å². The molecule has 37 heavy (non-hydrogen) atoms. The number of carbonyl (C=O) groups excluding carboxylic acids is 2. The molecule has 1 aliphatic heterocycles. The van der Waals surface area contributed by atoms with Gasteiger partial charge in [0.1, 0.15) is 6.04 Å². The molecule has 2 aliphatic rings. The number of carbonyl (C=O) groups is 2. The molecule has 3 N–H and O–H groups in total. The van der Waals surface area contributed by atoms with Gasteiger partial charge in [-0.25, -0.2) is 13.1 Å². The van der Waals surface area contributed by atoms with E-state index in [1.807, 2.05) is 24.8 Å². The van der Waals surface area contributed by atoms with Crippen molar-refractivity contribution in [2.75, 3.05) is 20.1 Å². The van der Waals surface area contributed by atoms with Gasteiger partial charge in [-0.15, -0.1) is 0 Å². The number of benzene rings is 1. The molecule has 0 spiro atoms. The fourth-order valence-corrected chi connectivity index (χ4v) is 5.43. The van der Waals surface area contributed by atoms with E-state index in [1.54, 1.807) is 30.0 Å². The normalized spacial score (nSPS) is 25.4. The van der Waals surface area contributed by atoms with Crippen LogP contribution in [0.25, 0.3) is 0 Å². The number of hydrogen-bond donors (Lipinski definition) is 2. The van der Waals surface area contributed by atoms with E-state index in [1.165, 1.54) is 7.05 Å². The van der Waals surface area contributed by atoms with Crippen LogP contribution in [-0.4, -0.2) is 85.8 Å². The van der Waals surface area contributed by atoms with E-state index in [0.717, 1.165) is 31.4 Å². The minimum Gasteiger partial charge on any atom is -0.333 e. The molecule has 1 aromatic carbocycles. The number of nitrogens with zero attached hydrogens (tertiary/aromatic N) is 4. The van der Waals surface area contributed by atoms with Crippen molar-refractivity contribution in [1.82, 2.24) is 19.4 Å². The van der Waals surface area contributed by atoms with Gasteiger partial charge in [-0.2, -0.15) is 5.26 Å². The van der Waals surface area contributed by atoms with Crippen molar-refractivity contribution >= 4 is 22.3 Å². The van der Waals surface area contributed by atoms with Crippen LogP contribution < -0.4 is 10.5 Å². The number of hydrogen-bond acceptors (Lipinski definition) is 7. The maximum Gasteiger partial charge on any atom is 0.240 e. The minimum absolute atomic E-state index is 0.0118. The van der Waals surface area contributed by atoms with Crippen molar-refractivity contribution < 1.29 is 18.0 Å². The Hall–Kier alpha value is -2.52. The van der Waals surface area contributed by atoms with Crippen molar-refractivity contribution in [2.24, 2.45) is 11.7 Å². The molecule has 1 aliphatic carbocycles. The van der Waals surface area contributed by atoms with Crippen LogP contribution in [0.3, 0.4) is 0 Å². The standard InChI is InChI=1S/C18H30N4O3S.C8H12N2O/c1-5-16-12-21(10-13(2)19)14(3)18(23)22(16)11-15-7-6-8-17(9-15)26(24,25)20-4;1-6-3-8(6)10(5-11)7(2)4-9/h6-9,13-14,16,20H,5,10-12,19H2,1-4H3;5-8H,3H2,1-2H3/t13?,14?,16-;/m0./s1. The molecule has 0 radical (unpaired) electrons. The second-order valence-corrected chi connectivity index (χ2v) is 12.0. The van der Waals surface area contributed by atoms with Crippen molar-refractivity contribution in [1.29, 1.82) is 5.26 Å². The Balaban J connectivity index is 0.000000364. The number of nitrogens with one attached hydrogen (secondary N) is 1. The first-order valence-electron chi connectivity index (χ1n) is 12.8. The molecule has 3 rings (SSSR count). The van der Waals surface area contributed by atoms with Gasteiger partial charge in [0, 0.05) is 37.8 Å². The van der Waals surface area contributed by atoms with Crippen LogP contribution in [0.15, 0.2) is 29.2 Å². The molecule has 1 heterocycles. The first-order chi connectivity index (χ1) is 17.4. The third-order valence-corrected chi connectivity index (χ3v) is 8.52. The molecule has 1 aromatic rings. The number of nitriles is 1.